The van der Waals surface area contributed by atoms with E-state index in [4.69, 9.17) is 11.5 Å². The van der Waals surface area contributed by atoms with E-state index < -0.39 is 44.5 Å². The van der Waals surface area contributed by atoms with Gasteiger partial charge < -0.3 is 22.1 Å². The molecular formula is C40H58N6O7S2. The summed E-state index contributed by atoms with van der Waals surface area (Å²) in [5.74, 6) is -2.54. The summed E-state index contributed by atoms with van der Waals surface area (Å²) in [6.45, 7) is 0.593. The average Bonchev–Trinajstić information content (AvgIpc) is 3.14. The van der Waals surface area contributed by atoms with Gasteiger partial charge in [-0.2, -0.15) is 8.61 Å². The molecule has 0 saturated carbocycles. The number of nitrogens with two attached hydrogens (primary N) is 2. The number of amides is 1. The van der Waals surface area contributed by atoms with E-state index in [1.165, 1.54) is 6.92 Å². The molecule has 15 heteroatoms. The van der Waals surface area contributed by atoms with Crippen molar-refractivity contribution in [3.8, 4) is 0 Å². The van der Waals surface area contributed by atoms with Gasteiger partial charge in [-0.25, -0.2) is 16.8 Å². The van der Waals surface area contributed by atoms with Crippen LogP contribution < -0.4 is 22.1 Å². The van der Waals surface area contributed by atoms with Crippen LogP contribution in [0.15, 0.2) is 91.0 Å². The Morgan fingerprint density at radius 2 is 1.24 bits per heavy atom. The molecule has 3 rings (SSSR count). The largest absolute Gasteiger partial charge is 0.345 e. The number of hydrogen-bond acceptors (Lipinski definition) is 10. The van der Waals surface area contributed by atoms with Crippen LogP contribution in [0, 0.1) is 5.92 Å². The fourth-order valence-corrected chi connectivity index (χ4v) is 9.32. The molecule has 0 unspecified atom stereocenters. The molecule has 3 atom stereocenters. The lowest BCUT2D eigenvalue weighted by Gasteiger charge is -2.29. The van der Waals surface area contributed by atoms with Gasteiger partial charge in [-0.3, -0.25) is 14.4 Å². The predicted molar refractivity (Wildman–Crippen MR) is 217 cm³/mol. The number of likely N-dealkylation sites (N-methyl/N-ethyl adjacent to an activating group) is 1. The molecular weight excluding hydrogens is 741 g/mol. The van der Waals surface area contributed by atoms with Gasteiger partial charge >= 0.3 is 0 Å². The second-order valence-corrected chi connectivity index (χ2v) is 18.0. The van der Waals surface area contributed by atoms with Crippen LogP contribution in [-0.2, 0) is 53.0 Å². The SMILES string of the molecule is CN[C@@H](Cc1ccccc1)CN(CC(=O)N[C@@H](CCCCN)C(=O)C[C@@H](Cc1ccccc1)CN(CC(C)=O)S(=O)(=O)Cc1ccccc1)S(=O)(=O)CCN. The minimum atomic E-state index is -3.97. The van der Waals surface area contributed by atoms with E-state index in [1.807, 2.05) is 60.7 Å². The van der Waals surface area contributed by atoms with Crippen LogP contribution in [-0.4, -0.2) is 107 Å². The first-order chi connectivity index (χ1) is 26.3. The Labute approximate surface area is 327 Å². The van der Waals surface area contributed by atoms with Gasteiger partial charge in [0.05, 0.1) is 30.6 Å². The van der Waals surface area contributed by atoms with E-state index in [1.54, 1.807) is 37.4 Å². The number of ketones is 2. The van der Waals surface area contributed by atoms with E-state index in [0.717, 1.165) is 19.7 Å². The molecule has 0 radical (unpaired) electrons. The van der Waals surface area contributed by atoms with Crippen LogP contribution in [0.1, 0.15) is 49.3 Å². The normalized spacial score (nSPS) is 13.7. The van der Waals surface area contributed by atoms with Gasteiger partial charge in [-0.05, 0) is 75.2 Å². The Morgan fingerprint density at radius 3 is 1.76 bits per heavy atom. The molecule has 0 fully saturated rings. The number of sulfonamides is 2. The topological polar surface area (TPSA) is 202 Å². The van der Waals surface area contributed by atoms with Crippen LogP contribution in [0.3, 0.4) is 0 Å². The van der Waals surface area contributed by atoms with Crippen LogP contribution in [0.25, 0.3) is 0 Å². The molecule has 0 aliphatic carbocycles. The van der Waals surface area contributed by atoms with Gasteiger partial charge in [-0.1, -0.05) is 91.0 Å². The minimum Gasteiger partial charge on any atom is -0.345 e. The monoisotopic (exact) mass is 798 g/mol. The van der Waals surface area contributed by atoms with E-state index in [0.29, 0.717) is 37.8 Å². The highest BCUT2D eigenvalue weighted by Gasteiger charge is 2.32. The summed E-state index contributed by atoms with van der Waals surface area (Å²) in [4.78, 5) is 40.3. The maximum absolute atomic E-state index is 14.2. The Balaban J connectivity index is 1.87. The Kier molecular flexibility index (Phi) is 19.3. The number of carbonyl (C=O) groups excluding carboxylic acids is 3. The highest BCUT2D eigenvalue weighted by Crippen LogP contribution is 2.21. The molecule has 0 aliphatic heterocycles. The standard InChI is InChI=1S/C40H58N6O7S2/c1-32(47)27-45(55(52,53)31-35-18-10-5-11-19-35)28-36(24-33-14-6-3-7-15-33)26-39(48)38(20-12-13-21-41)44-40(49)30-46(54(50,51)23-22-42)29-37(43-2)25-34-16-8-4-9-17-34/h3-11,14-19,36-38,43H,12-13,20-31,41-42H2,1-2H3,(H,44,49)/t36-,37+,38+/m1/s1. The zero-order valence-electron chi connectivity index (χ0n) is 32.0. The maximum Gasteiger partial charge on any atom is 0.235 e. The number of Topliss-reactive ketones (excluding diaryl/α,β-unsaturated/α-hetero) is 2. The van der Waals surface area contributed by atoms with Crippen molar-refractivity contribution in [3.63, 3.8) is 0 Å². The lowest BCUT2D eigenvalue weighted by molar-refractivity contribution is -0.128. The molecule has 0 bridgehead atoms. The van der Waals surface area contributed by atoms with Crippen molar-refractivity contribution in [1.29, 1.82) is 0 Å². The Morgan fingerprint density at radius 1 is 0.691 bits per heavy atom. The zero-order chi connectivity index (χ0) is 40.3. The van der Waals surface area contributed by atoms with Gasteiger partial charge in [0.1, 0.15) is 5.78 Å². The van der Waals surface area contributed by atoms with E-state index in [2.05, 4.69) is 10.6 Å². The fraction of sp³-hybridized carbons (Fsp3) is 0.475. The number of nitrogens with one attached hydrogen (secondary N) is 2. The van der Waals surface area contributed by atoms with E-state index in [-0.39, 0.29) is 68.1 Å². The van der Waals surface area contributed by atoms with Crippen molar-refractivity contribution in [1.82, 2.24) is 19.2 Å². The van der Waals surface area contributed by atoms with Gasteiger partial charge in [0, 0.05) is 32.1 Å². The Bertz CT molecular complexity index is 1830. The first kappa shape index (κ1) is 45.6. The number of rotatable bonds is 27. The van der Waals surface area contributed by atoms with Crippen molar-refractivity contribution >= 4 is 37.5 Å². The number of unbranched alkanes of at least 4 members (excludes halogenated alkanes) is 1. The maximum atomic E-state index is 14.2. The number of hydrogen-bond donors (Lipinski definition) is 4. The molecule has 3 aromatic carbocycles. The van der Waals surface area contributed by atoms with Crippen molar-refractivity contribution < 1.29 is 31.2 Å². The summed E-state index contributed by atoms with van der Waals surface area (Å²) in [6, 6.07) is 26.3. The number of benzene rings is 3. The van der Waals surface area contributed by atoms with Crippen molar-refractivity contribution in [2.45, 2.75) is 63.3 Å². The molecule has 6 N–H and O–H groups in total. The molecule has 0 heterocycles. The fourth-order valence-electron chi connectivity index (χ4n) is 6.43. The second-order valence-electron chi connectivity index (χ2n) is 13.9. The summed E-state index contributed by atoms with van der Waals surface area (Å²) in [5.41, 5.74) is 13.8. The minimum absolute atomic E-state index is 0.00444. The highest BCUT2D eigenvalue weighted by molar-refractivity contribution is 7.89. The summed E-state index contributed by atoms with van der Waals surface area (Å²) >= 11 is 0. The molecule has 0 saturated heterocycles. The molecule has 3 aromatic rings. The van der Waals surface area contributed by atoms with Gasteiger partial charge in [0.2, 0.25) is 26.0 Å². The molecule has 0 aromatic heterocycles. The van der Waals surface area contributed by atoms with E-state index in [9.17, 15) is 31.2 Å². The van der Waals surface area contributed by atoms with Crippen molar-refractivity contribution in [2.24, 2.45) is 17.4 Å². The van der Waals surface area contributed by atoms with Crippen molar-refractivity contribution in [3.05, 3.63) is 108 Å². The second kappa shape index (κ2) is 23.3. The molecule has 55 heavy (non-hydrogen) atoms. The van der Waals surface area contributed by atoms with Crippen LogP contribution in [0.4, 0.5) is 0 Å². The summed E-state index contributed by atoms with van der Waals surface area (Å²) in [5, 5.41) is 5.96. The average molecular weight is 799 g/mol. The first-order valence-corrected chi connectivity index (χ1v) is 21.9. The summed E-state index contributed by atoms with van der Waals surface area (Å²) < 4.78 is 56.5. The van der Waals surface area contributed by atoms with Crippen LogP contribution >= 0.6 is 0 Å². The molecule has 302 valence electrons. The molecule has 1 amide bonds. The van der Waals surface area contributed by atoms with E-state index >= 15 is 0 Å². The third-order valence-corrected chi connectivity index (χ3v) is 12.8. The van der Waals surface area contributed by atoms with Gasteiger partial charge in [0.15, 0.2) is 5.78 Å². The molecule has 0 spiro atoms. The van der Waals surface area contributed by atoms with Gasteiger partial charge in [0.25, 0.3) is 0 Å². The molecule has 13 nitrogen and oxygen atoms in total. The highest BCUT2D eigenvalue weighted by atomic mass is 32.2. The molecule has 0 aliphatic rings. The lowest BCUT2D eigenvalue weighted by Crippen LogP contribution is -2.51. The number of nitrogens with zero attached hydrogens (tertiary/aromatic N) is 2. The van der Waals surface area contributed by atoms with Gasteiger partial charge in [-0.15, -0.1) is 0 Å². The third kappa shape index (κ3) is 16.4. The summed E-state index contributed by atoms with van der Waals surface area (Å²) in [7, 11) is -6.19. The number of carbonyl (C=O) groups is 3. The smallest absolute Gasteiger partial charge is 0.235 e. The quantitative estimate of drug-likeness (QED) is 0.0830. The predicted octanol–water partition coefficient (Wildman–Crippen LogP) is 2.26. The van der Waals surface area contributed by atoms with Crippen molar-refractivity contribution in [2.75, 3.05) is 52.1 Å². The third-order valence-electron chi connectivity index (χ3n) is 9.22. The summed E-state index contributed by atoms with van der Waals surface area (Å²) in [6.07, 6.45) is 2.11. The van der Waals surface area contributed by atoms with Crippen LogP contribution in [0.2, 0.25) is 0 Å². The lowest BCUT2D eigenvalue weighted by atomic mass is 9.90. The zero-order valence-corrected chi connectivity index (χ0v) is 33.6. The first-order valence-electron chi connectivity index (χ1n) is 18.7. The van der Waals surface area contributed by atoms with Crippen LogP contribution in [0.5, 0.6) is 0 Å². The Hall–Kier alpha value is -3.83.